The first-order valence-corrected chi connectivity index (χ1v) is 8.81. The molecule has 1 fully saturated rings. The second-order valence-electron chi connectivity index (χ2n) is 6.70. The summed E-state index contributed by atoms with van der Waals surface area (Å²) >= 11 is 0. The molecule has 1 atom stereocenters. The van der Waals surface area contributed by atoms with Crippen LogP contribution in [0.5, 0.6) is 0 Å². The van der Waals surface area contributed by atoms with Crippen molar-refractivity contribution in [2.45, 2.75) is 31.8 Å². The van der Waals surface area contributed by atoms with Crippen molar-refractivity contribution in [2.24, 2.45) is 0 Å². The van der Waals surface area contributed by atoms with Crippen molar-refractivity contribution in [1.82, 2.24) is 15.6 Å². The van der Waals surface area contributed by atoms with Gasteiger partial charge in [0.25, 0.3) is 5.91 Å². The molecule has 132 valence electrons. The van der Waals surface area contributed by atoms with Crippen molar-refractivity contribution >= 4 is 5.91 Å². The van der Waals surface area contributed by atoms with Gasteiger partial charge >= 0.3 is 0 Å². The fourth-order valence-corrected chi connectivity index (χ4v) is 3.33. The third-order valence-electron chi connectivity index (χ3n) is 4.79. The van der Waals surface area contributed by atoms with Gasteiger partial charge in [-0.2, -0.15) is 0 Å². The van der Waals surface area contributed by atoms with Gasteiger partial charge in [0.2, 0.25) is 0 Å². The largest absolute Gasteiger partial charge is 0.388 e. The molecule has 0 aliphatic carbocycles. The van der Waals surface area contributed by atoms with E-state index in [-0.39, 0.29) is 12.5 Å². The fraction of sp³-hybridized carbons (Fsp3) is 0.400. The molecule has 1 aromatic heterocycles. The summed E-state index contributed by atoms with van der Waals surface area (Å²) in [5.74, 6) is -0.185. The summed E-state index contributed by atoms with van der Waals surface area (Å²) in [6.07, 6.45) is 3.97. The lowest BCUT2D eigenvalue weighted by molar-refractivity contribution is 0.0275. The number of nitrogens with zero attached hydrogens (tertiary/aromatic N) is 1. The average molecular weight is 339 g/mol. The lowest BCUT2D eigenvalue weighted by Gasteiger charge is -2.26. The van der Waals surface area contributed by atoms with Gasteiger partial charge in [0.1, 0.15) is 0 Å². The molecule has 3 N–H and O–H groups in total. The summed E-state index contributed by atoms with van der Waals surface area (Å²) in [4.78, 5) is 17.1. The molecule has 0 spiro atoms. The van der Waals surface area contributed by atoms with Crippen molar-refractivity contribution in [3.05, 3.63) is 53.9 Å². The maximum Gasteiger partial charge on any atom is 0.253 e. The molecule has 5 heteroatoms. The zero-order valence-electron chi connectivity index (χ0n) is 14.6. The molecule has 3 rings (SSSR count). The Morgan fingerprint density at radius 1 is 1.24 bits per heavy atom. The topological polar surface area (TPSA) is 74.2 Å². The molecule has 2 heterocycles. The second-order valence-corrected chi connectivity index (χ2v) is 6.70. The van der Waals surface area contributed by atoms with Crippen molar-refractivity contribution in [2.75, 3.05) is 19.6 Å². The summed E-state index contributed by atoms with van der Waals surface area (Å²) < 4.78 is 0. The SMILES string of the molecule is Cc1nccc(-c2ccccc2)c1C(=O)NCC1(O)CCCNCC1. The quantitative estimate of drug-likeness (QED) is 0.799. The maximum atomic E-state index is 12.9. The maximum absolute atomic E-state index is 12.9. The van der Waals surface area contributed by atoms with Gasteiger partial charge in [-0.15, -0.1) is 0 Å². The Kier molecular flexibility index (Phi) is 5.46. The number of aromatic nitrogens is 1. The van der Waals surface area contributed by atoms with Gasteiger partial charge in [-0.25, -0.2) is 0 Å². The van der Waals surface area contributed by atoms with Crippen LogP contribution in [0.1, 0.15) is 35.3 Å². The first kappa shape index (κ1) is 17.6. The molecule has 0 saturated carbocycles. The summed E-state index contributed by atoms with van der Waals surface area (Å²) in [5.41, 5.74) is 2.26. The number of hydrogen-bond donors (Lipinski definition) is 3. The minimum atomic E-state index is -0.845. The van der Waals surface area contributed by atoms with Crippen LogP contribution < -0.4 is 10.6 Å². The predicted molar refractivity (Wildman–Crippen MR) is 98.4 cm³/mol. The zero-order chi connectivity index (χ0) is 17.7. The summed E-state index contributed by atoms with van der Waals surface area (Å²) in [6.45, 7) is 3.78. The van der Waals surface area contributed by atoms with Crippen molar-refractivity contribution in [3.63, 3.8) is 0 Å². The standard InChI is InChI=1S/C20H25N3O2/c1-15-18(17(8-12-22-15)16-6-3-2-4-7-16)19(24)23-14-20(25)9-5-11-21-13-10-20/h2-4,6-8,12,21,25H,5,9-11,13-14H2,1H3,(H,23,24). The molecule has 1 aromatic carbocycles. The lowest BCUT2D eigenvalue weighted by Crippen LogP contribution is -2.43. The van der Waals surface area contributed by atoms with Gasteiger partial charge in [0.05, 0.1) is 16.9 Å². The minimum absolute atomic E-state index is 0.185. The second kappa shape index (κ2) is 7.76. The van der Waals surface area contributed by atoms with Gasteiger partial charge in [-0.1, -0.05) is 30.3 Å². The van der Waals surface area contributed by atoms with Crippen LogP contribution in [0, 0.1) is 6.92 Å². The molecule has 25 heavy (non-hydrogen) atoms. The molecule has 1 aliphatic rings. The van der Waals surface area contributed by atoms with E-state index in [1.807, 2.05) is 43.3 Å². The van der Waals surface area contributed by atoms with Crippen molar-refractivity contribution in [3.8, 4) is 11.1 Å². The van der Waals surface area contributed by atoms with Gasteiger partial charge in [0, 0.05) is 12.7 Å². The van der Waals surface area contributed by atoms with E-state index < -0.39 is 5.60 Å². The first-order valence-electron chi connectivity index (χ1n) is 8.81. The fourth-order valence-electron chi connectivity index (χ4n) is 3.33. The molecule has 1 amide bonds. The van der Waals surface area contributed by atoms with Crippen LogP contribution in [0.4, 0.5) is 0 Å². The van der Waals surface area contributed by atoms with E-state index in [1.54, 1.807) is 6.20 Å². The van der Waals surface area contributed by atoms with Crippen LogP contribution in [0.15, 0.2) is 42.6 Å². The van der Waals surface area contributed by atoms with Gasteiger partial charge in [-0.05, 0) is 56.5 Å². The highest BCUT2D eigenvalue weighted by Gasteiger charge is 2.29. The monoisotopic (exact) mass is 339 g/mol. The molecule has 5 nitrogen and oxygen atoms in total. The molecule has 0 bridgehead atoms. The number of amides is 1. The van der Waals surface area contributed by atoms with E-state index in [2.05, 4.69) is 15.6 Å². The van der Waals surface area contributed by atoms with Crippen LogP contribution >= 0.6 is 0 Å². The lowest BCUT2D eigenvalue weighted by atomic mass is 9.94. The average Bonchev–Trinajstić information content (AvgIpc) is 2.85. The molecule has 1 unspecified atom stereocenters. The first-order chi connectivity index (χ1) is 12.1. The van der Waals surface area contributed by atoms with E-state index in [4.69, 9.17) is 0 Å². The summed E-state index contributed by atoms with van der Waals surface area (Å²) in [5, 5.41) is 16.9. The number of aryl methyl sites for hydroxylation is 1. The van der Waals surface area contributed by atoms with Gasteiger partial charge in [0.15, 0.2) is 0 Å². The van der Waals surface area contributed by atoms with E-state index in [9.17, 15) is 9.90 Å². The normalized spacial score (nSPS) is 20.7. The van der Waals surface area contributed by atoms with E-state index in [0.29, 0.717) is 24.1 Å². The number of carbonyl (C=O) groups is 1. The van der Waals surface area contributed by atoms with E-state index in [1.165, 1.54) is 0 Å². The molecule has 0 radical (unpaired) electrons. The number of carbonyl (C=O) groups excluding carboxylic acids is 1. The Bertz CT molecular complexity index is 723. The number of aliphatic hydroxyl groups is 1. The van der Waals surface area contributed by atoms with Crippen LogP contribution in [-0.2, 0) is 0 Å². The van der Waals surface area contributed by atoms with E-state index >= 15 is 0 Å². The molecule has 1 aliphatic heterocycles. The van der Waals surface area contributed by atoms with Gasteiger partial charge < -0.3 is 15.7 Å². The molecule has 1 saturated heterocycles. The number of benzene rings is 1. The van der Waals surface area contributed by atoms with Crippen molar-refractivity contribution < 1.29 is 9.90 Å². The van der Waals surface area contributed by atoms with Crippen molar-refractivity contribution in [1.29, 1.82) is 0 Å². The molecular weight excluding hydrogens is 314 g/mol. The summed E-state index contributed by atoms with van der Waals surface area (Å²) in [7, 11) is 0. The molecular formula is C20H25N3O2. The highest BCUT2D eigenvalue weighted by atomic mass is 16.3. The smallest absolute Gasteiger partial charge is 0.253 e. The molecule has 2 aromatic rings. The van der Waals surface area contributed by atoms with Crippen LogP contribution in [0.3, 0.4) is 0 Å². The third kappa shape index (κ3) is 4.24. The number of hydrogen-bond acceptors (Lipinski definition) is 4. The third-order valence-corrected chi connectivity index (χ3v) is 4.79. The van der Waals surface area contributed by atoms with Crippen LogP contribution in [-0.4, -0.2) is 41.2 Å². The van der Waals surface area contributed by atoms with E-state index in [0.717, 1.165) is 30.6 Å². The minimum Gasteiger partial charge on any atom is -0.388 e. The Balaban J connectivity index is 1.80. The summed E-state index contributed by atoms with van der Waals surface area (Å²) in [6, 6.07) is 11.7. The zero-order valence-corrected chi connectivity index (χ0v) is 14.6. The van der Waals surface area contributed by atoms with Crippen LogP contribution in [0.2, 0.25) is 0 Å². The Labute approximate surface area is 148 Å². The number of nitrogens with one attached hydrogen (secondary N) is 2. The Morgan fingerprint density at radius 3 is 2.84 bits per heavy atom. The van der Waals surface area contributed by atoms with Crippen LogP contribution in [0.25, 0.3) is 11.1 Å². The highest BCUT2D eigenvalue weighted by molar-refractivity contribution is 6.01. The van der Waals surface area contributed by atoms with Gasteiger partial charge in [-0.3, -0.25) is 9.78 Å². The highest BCUT2D eigenvalue weighted by Crippen LogP contribution is 2.25. The number of pyridine rings is 1. The Morgan fingerprint density at radius 2 is 2.04 bits per heavy atom. The predicted octanol–water partition coefficient (Wildman–Crippen LogP) is 2.29. The Hall–Kier alpha value is -2.24. The number of rotatable bonds is 4.